The summed E-state index contributed by atoms with van der Waals surface area (Å²) in [6.07, 6.45) is 1.07. The molecule has 15 heteroatoms. The van der Waals surface area contributed by atoms with E-state index >= 15 is 0 Å². The molecule has 0 bridgehead atoms. The van der Waals surface area contributed by atoms with Gasteiger partial charge in [-0.1, -0.05) is 83.1 Å². The number of ether oxygens (including phenoxy) is 1. The van der Waals surface area contributed by atoms with Gasteiger partial charge in [-0.3, -0.25) is 14.4 Å². The van der Waals surface area contributed by atoms with Crippen molar-refractivity contribution >= 4 is 47.3 Å². The van der Waals surface area contributed by atoms with Crippen LogP contribution >= 0.6 is 0 Å². The van der Waals surface area contributed by atoms with E-state index in [1.807, 2.05) is 83.1 Å². The summed E-state index contributed by atoms with van der Waals surface area (Å²) in [7, 11) is 0. The minimum Gasteiger partial charge on any atom is -0.444 e. The van der Waals surface area contributed by atoms with Crippen molar-refractivity contribution < 1.29 is 33.5 Å². The second-order valence-corrected chi connectivity index (χ2v) is 18.4. The summed E-state index contributed by atoms with van der Waals surface area (Å²) in [6.45, 7) is 31.2. The fourth-order valence-corrected chi connectivity index (χ4v) is 5.13. The van der Waals surface area contributed by atoms with Gasteiger partial charge < -0.3 is 47.3 Å². The minimum atomic E-state index is -0.644. The molecule has 15 nitrogen and oxygen atoms in total. The molecule has 8 amide bonds. The first-order chi connectivity index (χ1) is 26.8. The number of carbonyl (C=O) groups excluding carboxylic acids is 6. The lowest BCUT2D eigenvalue weighted by Gasteiger charge is -2.24. The molecule has 0 aliphatic rings. The number of urea groups is 2. The topological polar surface area (TPSA) is 208 Å². The lowest BCUT2D eigenvalue weighted by Crippen LogP contribution is -2.49. The highest BCUT2D eigenvalue weighted by Gasteiger charge is 2.26. The van der Waals surface area contributed by atoms with Crippen molar-refractivity contribution in [2.75, 3.05) is 30.3 Å². The van der Waals surface area contributed by atoms with E-state index in [-0.39, 0.29) is 29.6 Å². The van der Waals surface area contributed by atoms with E-state index in [2.05, 4.69) is 42.5 Å². The van der Waals surface area contributed by atoms with E-state index < -0.39 is 41.9 Å². The third-order valence-corrected chi connectivity index (χ3v) is 7.83. The number of benzene rings is 1. The molecule has 0 aliphatic carbocycles. The van der Waals surface area contributed by atoms with Crippen molar-refractivity contribution in [2.24, 2.45) is 35.5 Å². The Morgan fingerprint density at radius 2 is 0.741 bits per heavy atom. The van der Waals surface area contributed by atoms with E-state index in [4.69, 9.17) is 4.74 Å². The maximum atomic E-state index is 12.6. The Kier molecular flexibility index (Phi) is 25.1. The molecular formula is C43H78N8O7. The number of alkyl carbamates (subject to hydrolysis) is 1. The van der Waals surface area contributed by atoms with Gasteiger partial charge in [0.2, 0.25) is 17.7 Å². The predicted octanol–water partition coefficient (Wildman–Crippen LogP) is 7.00. The summed E-state index contributed by atoms with van der Waals surface area (Å²) in [5, 5.41) is 22.2. The van der Waals surface area contributed by atoms with Crippen molar-refractivity contribution in [3.8, 4) is 0 Å². The average molecular weight is 819 g/mol. The van der Waals surface area contributed by atoms with Crippen LogP contribution in [0.25, 0.3) is 0 Å². The van der Waals surface area contributed by atoms with Gasteiger partial charge >= 0.3 is 18.2 Å². The molecule has 0 saturated carbocycles. The van der Waals surface area contributed by atoms with Crippen LogP contribution in [-0.4, -0.2) is 79.2 Å². The monoisotopic (exact) mass is 819 g/mol. The lowest BCUT2D eigenvalue weighted by molar-refractivity contribution is -0.124. The Labute approximate surface area is 348 Å². The van der Waals surface area contributed by atoms with Crippen LogP contribution in [-0.2, 0) is 19.1 Å². The van der Waals surface area contributed by atoms with E-state index in [0.29, 0.717) is 73.9 Å². The number of hydrogen-bond acceptors (Lipinski definition) is 7. The highest BCUT2D eigenvalue weighted by Crippen LogP contribution is 2.15. The minimum absolute atomic E-state index is 0.154. The predicted molar refractivity (Wildman–Crippen MR) is 233 cm³/mol. The lowest BCUT2D eigenvalue weighted by atomic mass is 10.0. The molecule has 58 heavy (non-hydrogen) atoms. The molecule has 3 atom stereocenters. The van der Waals surface area contributed by atoms with Gasteiger partial charge in [-0.2, -0.15) is 0 Å². The van der Waals surface area contributed by atoms with Crippen LogP contribution < -0.4 is 42.5 Å². The Morgan fingerprint density at radius 1 is 0.466 bits per heavy atom. The van der Waals surface area contributed by atoms with Crippen molar-refractivity contribution in [2.45, 2.75) is 147 Å². The van der Waals surface area contributed by atoms with Gasteiger partial charge in [0, 0.05) is 31.0 Å². The van der Waals surface area contributed by atoms with Crippen molar-refractivity contribution in [3.63, 3.8) is 0 Å². The van der Waals surface area contributed by atoms with Crippen LogP contribution in [0, 0.1) is 35.5 Å². The third kappa shape index (κ3) is 27.1. The average Bonchev–Trinajstić information content (AvgIpc) is 3.07. The Balaban J connectivity index is 0.00000137. The van der Waals surface area contributed by atoms with Crippen LogP contribution in [0.15, 0.2) is 24.3 Å². The van der Waals surface area contributed by atoms with Crippen LogP contribution in [0.4, 0.5) is 25.8 Å². The van der Waals surface area contributed by atoms with E-state index in [9.17, 15) is 28.8 Å². The summed E-state index contributed by atoms with van der Waals surface area (Å²) in [5.41, 5.74) is 0.441. The molecule has 0 saturated heterocycles. The summed E-state index contributed by atoms with van der Waals surface area (Å²) in [6, 6.07) is 3.77. The number of rotatable bonds is 20. The van der Waals surface area contributed by atoms with Crippen LogP contribution in [0.3, 0.4) is 0 Å². The van der Waals surface area contributed by atoms with Gasteiger partial charge in [0.25, 0.3) is 0 Å². The summed E-state index contributed by atoms with van der Waals surface area (Å²) in [5.74, 6) is 1.18. The van der Waals surface area contributed by atoms with E-state index in [1.54, 1.807) is 45.0 Å². The molecule has 0 heterocycles. The molecule has 0 unspecified atom stereocenters. The molecule has 1 aromatic rings. The van der Waals surface area contributed by atoms with Crippen molar-refractivity contribution in [1.82, 2.24) is 31.9 Å². The standard InChI is InChI=1S/C28H48N6O4.C15H30N2O3/c1-17(2)13-23(25(35)29-15-19(5)6)33-27(37)31-21-9-11-22(12-10-21)32-28(38)34-24(14-18(3)4)26(36)30-16-20(7)8;1-10(2)8-12(13(18)16-9-11(3)4)17-14(19)20-15(5,6)7/h9-12,17-20,23-24H,13-16H2,1-8H3,(H,29,35)(H,30,36)(H2,31,33,37)(H2,32,34,38);10-12H,8-9H2,1-7H3,(H,16,18)(H,17,19)/t23-,24-;12-/m00/s1. The van der Waals surface area contributed by atoms with Gasteiger partial charge in [0.05, 0.1) is 0 Å². The second-order valence-electron chi connectivity index (χ2n) is 18.4. The molecule has 1 aromatic carbocycles. The molecule has 0 spiro atoms. The molecule has 0 aromatic heterocycles. The zero-order valence-electron chi connectivity index (χ0n) is 38.1. The SMILES string of the molecule is CC(C)CNC(=O)[C@H](CC(C)C)NC(=O)Nc1ccc(NC(=O)N[C@@H](CC(C)C)C(=O)NCC(C)C)cc1.CC(C)CNC(=O)[C@H](CC(C)C)NC(=O)OC(C)(C)C. The quantitative estimate of drug-likeness (QED) is 0.0691. The van der Waals surface area contributed by atoms with Gasteiger partial charge in [-0.15, -0.1) is 0 Å². The number of nitrogens with one attached hydrogen (secondary N) is 8. The molecule has 0 fully saturated rings. The first-order valence-corrected chi connectivity index (χ1v) is 20.8. The highest BCUT2D eigenvalue weighted by molar-refractivity contribution is 5.95. The largest absolute Gasteiger partial charge is 0.444 e. The van der Waals surface area contributed by atoms with Crippen LogP contribution in [0.2, 0.25) is 0 Å². The maximum absolute atomic E-state index is 12.6. The summed E-state index contributed by atoms with van der Waals surface area (Å²) < 4.78 is 5.20. The fourth-order valence-electron chi connectivity index (χ4n) is 5.13. The Bertz CT molecular complexity index is 1330. The zero-order valence-corrected chi connectivity index (χ0v) is 38.1. The van der Waals surface area contributed by atoms with Crippen LogP contribution in [0.5, 0.6) is 0 Å². The summed E-state index contributed by atoms with van der Waals surface area (Å²) >= 11 is 0. The molecule has 332 valence electrons. The van der Waals surface area contributed by atoms with Gasteiger partial charge in [0.1, 0.15) is 23.7 Å². The van der Waals surface area contributed by atoms with Gasteiger partial charge in [-0.05, 0) is 99.8 Å². The van der Waals surface area contributed by atoms with E-state index in [0.717, 1.165) is 0 Å². The zero-order chi connectivity index (χ0) is 44.7. The number of anilines is 2. The first kappa shape index (κ1) is 53.4. The van der Waals surface area contributed by atoms with Crippen molar-refractivity contribution in [1.29, 1.82) is 0 Å². The van der Waals surface area contributed by atoms with Gasteiger partial charge in [0.15, 0.2) is 0 Å². The normalized spacial score (nSPS) is 12.9. The third-order valence-electron chi connectivity index (χ3n) is 7.83. The Morgan fingerprint density at radius 3 is 0.983 bits per heavy atom. The van der Waals surface area contributed by atoms with Gasteiger partial charge in [-0.25, -0.2) is 14.4 Å². The fraction of sp³-hybridized carbons (Fsp3) is 0.721. The van der Waals surface area contributed by atoms with E-state index in [1.165, 1.54) is 0 Å². The number of carbonyl (C=O) groups is 6. The molecule has 0 radical (unpaired) electrons. The molecular weight excluding hydrogens is 741 g/mol. The smallest absolute Gasteiger partial charge is 0.408 e. The summed E-state index contributed by atoms with van der Waals surface area (Å²) in [4.78, 5) is 74.1. The molecule has 1 rings (SSSR count). The number of amides is 8. The number of hydrogen-bond donors (Lipinski definition) is 8. The second kappa shape index (κ2) is 27.2. The molecule has 8 N–H and O–H groups in total. The Hall–Kier alpha value is -4.56. The van der Waals surface area contributed by atoms with Crippen molar-refractivity contribution in [3.05, 3.63) is 24.3 Å². The van der Waals surface area contributed by atoms with Crippen LogP contribution in [0.1, 0.15) is 123 Å². The maximum Gasteiger partial charge on any atom is 0.408 e. The first-order valence-electron chi connectivity index (χ1n) is 20.8. The highest BCUT2D eigenvalue weighted by atomic mass is 16.6. The molecule has 0 aliphatic heterocycles.